The molecule has 0 spiro atoms. The molecule has 0 aromatic heterocycles. The number of rotatable bonds is 5. The molecule has 20 heavy (non-hydrogen) atoms. The maximum atomic E-state index is 9.25. The number of hydrogen-bond donors (Lipinski definition) is 2. The van der Waals surface area contributed by atoms with Gasteiger partial charge in [0.25, 0.3) is 0 Å². The summed E-state index contributed by atoms with van der Waals surface area (Å²) in [5, 5.41) is 12.4. The lowest BCUT2D eigenvalue weighted by Gasteiger charge is -2.12. The molecule has 0 radical (unpaired) electrons. The van der Waals surface area contributed by atoms with Crippen molar-refractivity contribution < 1.29 is 9.84 Å². The maximum Gasteiger partial charge on any atom is 0.148 e. The van der Waals surface area contributed by atoms with Crippen LogP contribution >= 0.6 is 31.9 Å². The van der Waals surface area contributed by atoms with Crippen molar-refractivity contribution in [1.29, 1.82) is 0 Å². The Morgan fingerprint density at radius 3 is 2.20 bits per heavy atom. The van der Waals surface area contributed by atoms with Gasteiger partial charge in [0, 0.05) is 6.54 Å². The van der Waals surface area contributed by atoms with Crippen molar-refractivity contribution in [2.45, 2.75) is 13.2 Å². The van der Waals surface area contributed by atoms with Gasteiger partial charge in [0.15, 0.2) is 0 Å². The predicted octanol–water partition coefficient (Wildman–Crippen LogP) is 4.22. The molecule has 0 aliphatic heterocycles. The standard InChI is InChI=1S/C15H15Br2NO2/c1-18-8-11-6-13(16)15(14(17)7-11)20-9-10-2-4-12(19)5-3-10/h2-7,18-19H,8-9H2,1H3. The number of nitrogens with one attached hydrogen (secondary N) is 1. The number of hydrogen-bond acceptors (Lipinski definition) is 3. The molecular formula is C15H15Br2NO2. The fraction of sp³-hybridized carbons (Fsp3) is 0.200. The quantitative estimate of drug-likeness (QED) is 0.789. The van der Waals surface area contributed by atoms with E-state index in [1.165, 1.54) is 5.56 Å². The SMILES string of the molecule is CNCc1cc(Br)c(OCc2ccc(O)cc2)c(Br)c1. The summed E-state index contributed by atoms with van der Waals surface area (Å²) in [6.45, 7) is 1.25. The second kappa shape index (κ2) is 7.11. The first kappa shape index (κ1) is 15.4. The van der Waals surface area contributed by atoms with E-state index in [1.807, 2.05) is 31.3 Å². The minimum absolute atomic E-state index is 0.257. The molecule has 0 atom stereocenters. The Hall–Kier alpha value is -1.04. The van der Waals surface area contributed by atoms with Gasteiger partial charge in [0.1, 0.15) is 18.1 Å². The third-order valence-electron chi connectivity index (χ3n) is 2.76. The first-order valence-corrected chi connectivity index (χ1v) is 7.72. The van der Waals surface area contributed by atoms with E-state index in [9.17, 15) is 5.11 Å². The van der Waals surface area contributed by atoms with Crippen LogP contribution in [0.1, 0.15) is 11.1 Å². The van der Waals surface area contributed by atoms with Crippen LogP contribution in [0.2, 0.25) is 0 Å². The van der Waals surface area contributed by atoms with Crippen LogP contribution in [0.15, 0.2) is 45.3 Å². The van der Waals surface area contributed by atoms with Crippen LogP contribution in [-0.4, -0.2) is 12.2 Å². The van der Waals surface area contributed by atoms with Gasteiger partial charge < -0.3 is 15.2 Å². The van der Waals surface area contributed by atoms with Crippen molar-refractivity contribution in [2.75, 3.05) is 7.05 Å². The molecule has 0 saturated carbocycles. The molecule has 0 fully saturated rings. The lowest BCUT2D eigenvalue weighted by atomic mass is 10.2. The monoisotopic (exact) mass is 399 g/mol. The summed E-state index contributed by atoms with van der Waals surface area (Å²) in [5.41, 5.74) is 2.17. The lowest BCUT2D eigenvalue weighted by molar-refractivity contribution is 0.302. The van der Waals surface area contributed by atoms with Crippen molar-refractivity contribution >= 4 is 31.9 Å². The van der Waals surface area contributed by atoms with Crippen molar-refractivity contribution in [1.82, 2.24) is 5.32 Å². The first-order chi connectivity index (χ1) is 9.60. The smallest absolute Gasteiger partial charge is 0.148 e. The second-order valence-corrected chi connectivity index (χ2v) is 6.08. The molecule has 0 amide bonds. The van der Waals surface area contributed by atoms with Gasteiger partial charge in [-0.1, -0.05) is 12.1 Å². The zero-order valence-corrected chi connectivity index (χ0v) is 14.2. The number of ether oxygens (including phenoxy) is 1. The van der Waals surface area contributed by atoms with Gasteiger partial charge >= 0.3 is 0 Å². The Bertz CT molecular complexity index is 562. The number of aromatic hydroxyl groups is 1. The zero-order valence-electron chi connectivity index (χ0n) is 11.0. The average Bonchev–Trinajstić information content (AvgIpc) is 2.40. The molecule has 0 aliphatic carbocycles. The summed E-state index contributed by atoms with van der Waals surface area (Å²) in [5.74, 6) is 1.03. The highest BCUT2D eigenvalue weighted by Gasteiger charge is 2.09. The maximum absolute atomic E-state index is 9.25. The summed E-state index contributed by atoms with van der Waals surface area (Å²) in [6, 6.07) is 11.1. The van der Waals surface area contributed by atoms with E-state index < -0.39 is 0 Å². The lowest BCUT2D eigenvalue weighted by Crippen LogP contribution is -2.05. The second-order valence-electron chi connectivity index (χ2n) is 4.37. The van der Waals surface area contributed by atoms with Crippen LogP contribution in [0.5, 0.6) is 11.5 Å². The molecule has 0 heterocycles. The van der Waals surface area contributed by atoms with E-state index >= 15 is 0 Å². The highest BCUT2D eigenvalue weighted by Crippen LogP contribution is 2.35. The molecule has 2 N–H and O–H groups in total. The fourth-order valence-corrected chi connectivity index (χ4v) is 3.31. The summed E-state index contributed by atoms with van der Waals surface area (Å²) in [4.78, 5) is 0. The van der Waals surface area contributed by atoms with Gasteiger partial charge in [-0.2, -0.15) is 0 Å². The van der Waals surface area contributed by atoms with Crippen molar-refractivity contribution in [2.24, 2.45) is 0 Å². The molecule has 3 nitrogen and oxygen atoms in total. The van der Waals surface area contributed by atoms with Gasteiger partial charge in [-0.05, 0) is 74.3 Å². The van der Waals surface area contributed by atoms with Gasteiger partial charge in [-0.15, -0.1) is 0 Å². The van der Waals surface area contributed by atoms with Crippen LogP contribution in [0.3, 0.4) is 0 Å². The van der Waals surface area contributed by atoms with Crippen molar-refractivity contribution in [3.05, 3.63) is 56.5 Å². The third-order valence-corrected chi connectivity index (χ3v) is 3.94. The van der Waals surface area contributed by atoms with Crippen LogP contribution < -0.4 is 10.1 Å². The molecule has 2 rings (SSSR count). The fourth-order valence-electron chi connectivity index (χ4n) is 1.80. The molecule has 0 bridgehead atoms. The number of phenolic OH excluding ortho intramolecular Hbond substituents is 1. The molecule has 106 valence electrons. The molecule has 2 aromatic rings. The Morgan fingerprint density at radius 2 is 1.65 bits per heavy atom. The van der Waals surface area contributed by atoms with E-state index in [2.05, 4.69) is 37.2 Å². The van der Waals surface area contributed by atoms with Gasteiger partial charge in [0.05, 0.1) is 8.95 Å². The van der Waals surface area contributed by atoms with Crippen LogP contribution in [0, 0.1) is 0 Å². The van der Waals surface area contributed by atoms with Gasteiger partial charge in [-0.3, -0.25) is 0 Å². The van der Waals surface area contributed by atoms with Crippen LogP contribution in [0.25, 0.3) is 0 Å². The van der Waals surface area contributed by atoms with Crippen LogP contribution in [0.4, 0.5) is 0 Å². The predicted molar refractivity (Wildman–Crippen MR) is 87.0 cm³/mol. The number of phenols is 1. The minimum Gasteiger partial charge on any atom is -0.508 e. The Kier molecular flexibility index (Phi) is 5.46. The topological polar surface area (TPSA) is 41.5 Å². The molecule has 0 aliphatic rings. The minimum atomic E-state index is 0.257. The summed E-state index contributed by atoms with van der Waals surface area (Å²) < 4.78 is 7.66. The third kappa shape index (κ3) is 3.98. The summed E-state index contributed by atoms with van der Waals surface area (Å²) >= 11 is 7.06. The highest BCUT2D eigenvalue weighted by atomic mass is 79.9. The molecule has 0 saturated heterocycles. The number of halogens is 2. The van der Waals surface area contributed by atoms with E-state index in [4.69, 9.17) is 4.74 Å². The normalized spacial score (nSPS) is 10.6. The van der Waals surface area contributed by atoms with E-state index in [1.54, 1.807) is 12.1 Å². The molecule has 2 aromatic carbocycles. The zero-order chi connectivity index (χ0) is 14.5. The van der Waals surface area contributed by atoms with Crippen molar-refractivity contribution in [3.63, 3.8) is 0 Å². The number of benzene rings is 2. The summed E-state index contributed by atoms with van der Waals surface area (Å²) in [7, 11) is 1.91. The average molecular weight is 401 g/mol. The largest absolute Gasteiger partial charge is 0.508 e. The van der Waals surface area contributed by atoms with Gasteiger partial charge in [-0.25, -0.2) is 0 Å². The summed E-state index contributed by atoms with van der Waals surface area (Å²) in [6.07, 6.45) is 0. The van der Waals surface area contributed by atoms with E-state index in [-0.39, 0.29) is 5.75 Å². The Morgan fingerprint density at radius 1 is 1.05 bits per heavy atom. The van der Waals surface area contributed by atoms with Gasteiger partial charge in [0.2, 0.25) is 0 Å². The van der Waals surface area contributed by atoms with Crippen molar-refractivity contribution in [3.8, 4) is 11.5 Å². The van der Waals surface area contributed by atoms with Crippen LogP contribution in [-0.2, 0) is 13.2 Å². The Labute approximate surface area is 135 Å². The van der Waals surface area contributed by atoms with E-state index in [0.29, 0.717) is 6.61 Å². The molecule has 0 unspecified atom stereocenters. The molecule has 5 heteroatoms. The Balaban J connectivity index is 2.11. The highest BCUT2D eigenvalue weighted by molar-refractivity contribution is 9.11. The molecular weight excluding hydrogens is 386 g/mol. The first-order valence-electron chi connectivity index (χ1n) is 6.13. The van der Waals surface area contributed by atoms with E-state index in [0.717, 1.165) is 26.8 Å².